The lowest BCUT2D eigenvalue weighted by Gasteiger charge is -2.31. The lowest BCUT2D eigenvalue weighted by Crippen LogP contribution is -2.29. The number of benzene rings is 2. The summed E-state index contributed by atoms with van der Waals surface area (Å²) in [5.74, 6) is -1.41. The molecule has 2 aromatic carbocycles. The van der Waals surface area contributed by atoms with E-state index in [9.17, 15) is 18.0 Å². The number of alkyl halides is 3. The molecule has 0 bridgehead atoms. The number of nitrogens with zero attached hydrogens (tertiary/aromatic N) is 2. The summed E-state index contributed by atoms with van der Waals surface area (Å²) in [5.41, 5.74) is 7.08. The van der Waals surface area contributed by atoms with Gasteiger partial charge >= 0.3 is 6.18 Å². The van der Waals surface area contributed by atoms with Crippen molar-refractivity contribution >= 4 is 51.8 Å². The molecule has 0 aliphatic heterocycles. The number of hydrogen-bond acceptors (Lipinski definition) is 4. The molecule has 1 aliphatic carbocycles. The SMILES string of the molecule is COc1cc2c(cc1C(N)=O)nc(Nc1c(Cl)cccc1Cl)n2C1CCC(C(F)(F)F)CC1. The van der Waals surface area contributed by atoms with Gasteiger partial charge < -0.3 is 20.4 Å². The first kappa shape index (κ1) is 23.5. The van der Waals surface area contributed by atoms with Crippen LogP contribution in [0.2, 0.25) is 10.0 Å². The van der Waals surface area contributed by atoms with Gasteiger partial charge in [-0.15, -0.1) is 0 Å². The van der Waals surface area contributed by atoms with E-state index in [4.69, 9.17) is 33.7 Å². The summed E-state index contributed by atoms with van der Waals surface area (Å²) in [4.78, 5) is 16.5. The van der Waals surface area contributed by atoms with Gasteiger partial charge in [0.05, 0.1) is 45.4 Å². The molecule has 6 nitrogen and oxygen atoms in total. The molecule has 0 atom stereocenters. The van der Waals surface area contributed by atoms with E-state index >= 15 is 0 Å². The number of fused-ring (bicyclic) bond motifs is 1. The van der Waals surface area contributed by atoms with E-state index < -0.39 is 18.0 Å². The van der Waals surface area contributed by atoms with Crippen LogP contribution in [0.1, 0.15) is 42.1 Å². The number of halogens is 5. The second-order valence-electron chi connectivity index (χ2n) is 7.98. The minimum Gasteiger partial charge on any atom is -0.496 e. The van der Waals surface area contributed by atoms with Crippen molar-refractivity contribution in [3.8, 4) is 5.75 Å². The summed E-state index contributed by atoms with van der Waals surface area (Å²) in [7, 11) is 1.41. The Morgan fingerprint density at radius 2 is 1.82 bits per heavy atom. The highest BCUT2D eigenvalue weighted by Crippen LogP contribution is 2.44. The lowest BCUT2D eigenvalue weighted by atomic mass is 9.85. The number of methoxy groups -OCH3 is 1. The number of rotatable bonds is 5. The van der Waals surface area contributed by atoms with E-state index in [1.54, 1.807) is 24.3 Å². The van der Waals surface area contributed by atoms with Gasteiger partial charge in [-0.25, -0.2) is 4.98 Å². The molecule has 0 unspecified atom stereocenters. The average molecular weight is 501 g/mol. The molecule has 3 N–H and O–H groups in total. The van der Waals surface area contributed by atoms with Crippen LogP contribution in [0.3, 0.4) is 0 Å². The predicted molar refractivity (Wildman–Crippen MR) is 122 cm³/mol. The zero-order valence-electron chi connectivity index (χ0n) is 17.5. The number of anilines is 2. The van der Waals surface area contributed by atoms with Gasteiger partial charge in [0.25, 0.3) is 5.91 Å². The van der Waals surface area contributed by atoms with Crippen molar-refractivity contribution in [3.63, 3.8) is 0 Å². The number of nitrogens with two attached hydrogens (primary N) is 1. The Bertz CT molecular complexity index is 1180. The Labute approximate surface area is 197 Å². The van der Waals surface area contributed by atoms with Crippen molar-refractivity contribution in [2.45, 2.75) is 37.9 Å². The van der Waals surface area contributed by atoms with Crippen molar-refractivity contribution in [1.82, 2.24) is 9.55 Å². The van der Waals surface area contributed by atoms with Gasteiger partial charge in [0, 0.05) is 12.1 Å². The van der Waals surface area contributed by atoms with Crippen LogP contribution in [0.25, 0.3) is 11.0 Å². The van der Waals surface area contributed by atoms with E-state index in [0.29, 0.717) is 45.6 Å². The van der Waals surface area contributed by atoms with Gasteiger partial charge in [-0.1, -0.05) is 29.3 Å². The second-order valence-corrected chi connectivity index (χ2v) is 8.79. The fourth-order valence-corrected chi connectivity index (χ4v) is 4.82. The number of imidazole rings is 1. The minimum atomic E-state index is -4.21. The molecule has 1 aliphatic rings. The summed E-state index contributed by atoms with van der Waals surface area (Å²) in [6.45, 7) is 0. The molecule has 0 radical (unpaired) electrons. The number of primary amides is 1. The Hall–Kier alpha value is -2.65. The molecule has 3 aromatic rings. The van der Waals surface area contributed by atoms with Crippen molar-refractivity contribution in [3.05, 3.63) is 45.9 Å². The summed E-state index contributed by atoms with van der Waals surface area (Å²) in [6.07, 6.45) is -3.58. The highest BCUT2D eigenvalue weighted by Gasteiger charge is 2.42. The Morgan fingerprint density at radius 3 is 2.36 bits per heavy atom. The van der Waals surface area contributed by atoms with E-state index in [1.165, 1.54) is 13.2 Å². The Morgan fingerprint density at radius 1 is 1.18 bits per heavy atom. The number of nitrogens with one attached hydrogen (secondary N) is 1. The second kappa shape index (κ2) is 8.95. The fraction of sp³-hybridized carbons (Fsp3) is 0.364. The standard InChI is InChI=1S/C22H21Cl2F3N4O2/c1-33-18-10-17-16(9-13(18)20(28)32)29-21(30-19-14(23)3-2-4-15(19)24)31(17)12-7-5-11(6-8-12)22(25,26)27/h2-4,9-12H,5-8H2,1H3,(H2,28,32)(H,29,30). The average Bonchev–Trinajstić information content (AvgIpc) is 3.11. The molecule has 1 fully saturated rings. The third-order valence-corrected chi connectivity index (χ3v) is 6.63. The van der Waals surface area contributed by atoms with Gasteiger partial charge in [-0.2, -0.15) is 13.2 Å². The van der Waals surface area contributed by atoms with Gasteiger partial charge in [0.2, 0.25) is 5.95 Å². The fourth-order valence-electron chi connectivity index (χ4n) is 4.33. The Kier molecular flexibility index (Phi) is 6.37. The van der Waals surface area contributed by atoms with E-state index in [1.807, 2.05) is 4.57 Å². The van der Waals surface area contributed by atoms with Gasteiger partial charge in [0.15, 0.2) is 0 Å². The van der Waals surface area contributed by atoms with E-state index in [0.717, 1.165) is 0 Å². The molecule has 1 heterocycles. The molecule has 1 aromatic heterocycles. The van der Waals surface area contributed by atoms with Crippen LogP contribution in [-0.4, -0.2) is 28.7 Å². The summed E-state index contributed by atoms with van der Waals surface area (Å²) >= 11 is 12.6. The molecule has 33 heavy (non-hydrogen) atoms. The molecule has 4 rings (SSSR count). The maximum Gasteiger partial charge on any atom is 0.391 e. The number of carbonyl (C=O) groups excluding carboxylic acids is 1. The third-order valence-electron chi connectivity index (χ3n) is 6.00. The number of carbonyl (C=O) groups is 1. The number of amides is 1. The number of aromatic nitrogens is 2. The number of para-hydroxylation sites is 1. The first-order chi connectivity index (χ1) is 15.6. The summed E-state index contributed by atoms with van der Waals surface area (Å²) < 4.78 is 46.8. The monoisotopic (exact) mass is 500 g/mol. The van der Waals surface area contributed by atoms with Crippen LogP contribution >= 0.6 is 23.2 Å². The quantitative estimate of drug-likeness (QED) is 0.419. The molecule has 1 saturated carbocycles. The predicted octanol–water partition coefficient (Wildman–Crippen LogP) is 6.49. The van der Waals surface area contributed by atoms with E-state index in [2.05, 4.69) is 10.3 Å². The molecule has 176 valence electrons. The first-order valence-corrected chi connectivity index (χ1v) is 11.0. The van der Waals surface area contributed by atoms with Gasteiger partial charge in [0.1, 0.15) is 5.75 Å². The molecule has 1 amide bonds. The van der Waals surface area contributed by atoms with Crippen molar-refractivity contribution in [1.29, 1.82) is 0 Å². The van der Waals surface area contributed by atoms with Gasteiger partial charge in [-0.05, 0) is 43.9 Å². The van der Waals surface area contributed by atoms with E-state index in [-0.39, 0.29) is 30.2 Å². The van der Waals surface area contributed by atoms with Crippen LogP contribution in [0.15, 0.2) is 30.3 Å². The van der Waals surface area contributed by atoms with Gasteiger partial charge in [-0.3, -0.25) is 4.79 Å². The van der Waals surface area contributed by atoms with Crippen molar-refractivity contribution < 1.29 is 22.7 Å². The van der Waals surface area contributed by atoms with Crippen LogP contribution < -0.4 is 15.8 Å². The topological polar surface area (TPSA) is 82.2 Å². The van der Waals surface area contributed by atoms with Crippen LogP contribution in [0.4, 0.5) is 24.8 Å². The summed E-state index contributed by atoms with van der Waals surface area (Å²) in [6, 6.07) is 7.88. The highest BCUT2D eigenvalue weighted by atomic mass is 35.5. The maximum atomic E-state index is 13.2. The minimum absolute atomic E-state index is 0.0105. The first-order valence-electron chi connectivity index (χ1n) is 10.3. The number of ether oxygens (including phenoxy) is 1. The smallest absolute Gasteiger partial charge is 0.391 e. The zero-order chi connectivity index (χ0) is 23.9. The highest BCUT2D eigenvalue weighted by molar-refractivity contribution is 6.39. The normalized spacial score (nSPS) is 19.0. The van der Waals surface area contributed by atoms with Crippen molar-refractivity contribution in [2.24, 2.45) is 11.7 Å². The van der Waals surface area contributed by atoms with Crippen LogP contribution in [0.5, 0.6) is 5.75 Å². The molecule has 11 heteroatoms. The lowest BCUT2D eigenvalue weighted by molar-refractivity contribution is -0.183. The molecule has 0 spiro atoms. The van der Waals surface area contributed by atoms with Crippen molar-refractivity contribution in [2.75, 3.05) is 12.4 Å². The molecular formula is C22H21Cl2F3N4O2. The zero-order valence-corrected chi connectivity index (χ0v) is 19.1. The number of hydrogen-bond donors (Lipinski definition) is 2. The Balaban J connectivity index is 1.83. The van der Waals surface area contributed by atoms with Crippen LogP contribution in [0, 0.1) is 5.92 Å². The molecular weight excluding hydrogens is 480 g/mol. The molecule has 0 saturated heterocycles. The largest absolute Gasteiger partial charge is 0.496 e. The summed E-state index contributed by atoms with van der Waals surface area (Å²) in [5, 5.41) is 3.85. The third kappa shape index (κ3) is 4.56. The maximum absolute atomic E-state index is 13.2. The van der Waals surface area contributed by atoms with Crippen LogP contribution in [-0.2, 0) is 0 Å².